The molecule has 0 amide bonds. The van der Waals surface area contributed by atoms with Crippen molar-refractivity contribution in [3.05, 3.63) is 99.1 Å². The van der Waals surface area contributed by atoms with Gasteiger partial charge in [0.05, 0.1) is 26.6 Å². The van der Waals surface area contributed by atoms with E-state index in [0.29, 0.717) is 0 Å². The van der Waals surface area contributed by atoms with E-state index in [1.807, 2.05) is 0 Å². The average molecular weight is 550 g/mol. The van der Waals surface area contributed by atoms with E-state index in [1.54, 1.807) is 12.1 Å². The van der Waals surface area contributed by atoms with Crippen LogP contribution in [0.4, 0.5) is 13.2 Å². The Labute approximate surface area is 215 Å². The van der Waals surface area contributed by atoms with Crippen molar-refractivity contribution >= 4 is 33.2 Å². The first kappa shape index (κ1) is 25.6. The summed E-state index contributed by atoms with van der Waals surface area (Å²) in [6.45, 7) is -0.434. The number of alkyl halides is 3. The molecule has 0 spiro atoms. The Balaban J connectivity index is 1.46. The summed E-state index contributed by atoms with van der Waals surface area (Å²) in [7, 11) is -4.28. The molecule has 0 saturated carbocycles. The highest BCUT2D eigenvalue weighted by atomic mass is 35.5. The summed E-state index contributed by atoms with van der Waals surface area (Å²) >= 11 is 5.69. The van der Waals surface area contributed by atoms with Crippen molar-refractivity contribution in [2.45, 2.75) is 29.5 Å². The van der Waals surface area contributed by atoms with Crippen molar-refractivity contribution in [2.24, 2.45) is 0 Å². The lowest BCUT2D eigenvalue weighted by molar-refractivity contribution is -0.137. The summed E-state index contributed by atoms with van der Waals surface area (Å²) in [5.74, 6) is -1.04. The van der Waals surface area contributed by atoms with Gasteiger partial charge in [-0.05, 0) is 36.6 Å². The number of fused-ring (bicyclic) bond motifs is 2. The van der Waals surface area contributed by atoms with Crippen molar-refractivity contribution in [1.82, 2.24) is 4.31 Å². The van der Waals surface area contributed by atoms with E-state index >= 15 is 0 Å². The van der Waals surface area contributed by atoms with Crippen LogP contribution in [-0.2, 0) is 21.8 Å². The minimum absolute atomic E-state index is 0.0147. The fourth-order valence-electron chi connectivity index (χ4n) is 4.88. The number of sulfonamides is 1. The second kappa shape index (κ2) is 8.76. The minimum atomic E-state index is -4.72. The largest absolute Gasteiger partial charge is 0.417 e. The minimum Gasteiger partial charge on any atom is -0.385 e. The van der Waals surface area contributed by atoms with Gasteiger partial charge in [0.2, 0.25) is 10.0 Å². The van der Waals surface area contributed by atoms with Gasteiger partial charge in [0.1, 0.15) is 0 Å². The van der Waals surface area contributed by atoms with Gasteiger partial charge in [-0.25, -0.2) is 8.42 Å². The van der Waals surface area contributed by atoms with E-state index in [2.05, 4.69) is 0 Å². The number of rotatable bonds is 3. The van der Waals surface area contributed by atoms with Gasteiger partial charge in [0, 0.05) is 29.8 Å². The lowest BCUT2D eigenvalue weighted by atomic mass is 9.84. The van der Waals surface area contributed by atoms with Crippen molar-refractivity contribution in [2.75, 3.05) is 13.1 Å². The summed E-state index contributed by atoms with van der Waals surface area (Å²) in [6, 6.07) is 13.3. The molecule has 0 aromatic heterocycles. The quantitative estimate of drug-likeness (QED) is 0.396. The zero-order valence-electron chi connectivity index (χ0n) is 19.0. The van der Waals surface area contributed by atoms with Gasteiger partial charge < -0.3 is 5.11 Å². The molecule has 1 N–H and O–H groups in total. The Morgan fingerprint density at radius 3 is 2.08 bits per heavy atom. The zero-order valence-corrected chi connectivity index (χ0v) is 20.6. The lowest BCUT2D eigenvalue weighted by Gasteiger charge is -2.38. The molecular formula is C26H19ClF3NO5S. The second-order valence-electron chi connectivity index (χ2n) is 9.01. The van der Waals surface area contributed by atoms with Crippen LogP contribution in [0, 0.1) is 0 Å². The number of aliphatic hydroxyl groups is 1. The Kier molecular flexibility index (Phi) is 6.06. The smallest absolute Gasteiger partial charge is 0.385 e. The predicted molar refractivity (Wildman–Crippen MR) is 128 cm³/mol. The highest BCUT2D eigenvalue weighted by Crippen LogP contribution is 2.41. The van der Waals surface area contributed by atoms with E-state index in [1.165, 1.54) is 36.4 Å². The first-order valence-corrected chi connectivity index (χ1v) is 13.1. The number of halogens is 4. The molecule has 11 heteroatoms. The molecule has 1 aliphatic carbocycles. The average Bonchev–Trinajstić information content (AvgIpc) is 2.86. The maximum Gasteiger partial charge on any atom is 0.417 e. The van der Waals surface area contributed by atoms with Gasteiger partial charge in [-0.1, -0.05) is 54.1 Å². The van der Waals surface area contributed by atoms with Crippen LogP contribution >= 0.6 is 11.6 Å². The van der Waals surface area contributed by atoms with Gasteiger partial charge in [-0.3, -0.25) is 9.59 Å². The number of piperidine rings is 1. The molecule has 1 aliphatic heterocycles. The van der Waals surface area contributed by atoms with Gasteiger partial charge >= 0.3 is 6.18 Å². The van der Waals surface area contributed by atoms with Crippen LogP contribution in [0.1, 0.15) is 55.8 Å². The van der Waals surface area contributed by atoms with Crippen LogP contribution in [0.5, 0.6) is 0 Å². The fourth-order valence-corrected chi connectivity index (χ4v) is 6.76. The number of hydrogen-bond acceptors (Lipinski definition) is 5. The Bertz CT molecular complexity index is 1560. The number of ketones is 2. The monoisotopic (exact) mass is 549 g/mol. The molecule has 6 nitrogen and oxygen atoms in total. The lowest BCUT2D eigenvalue weighted by Crippen LogP contribution is -2.45. The summed E-state index contributed by atoms with van der Waals surface area (Å²) in [4.78, 5) is 25.9. The third kappa shape index (κ3) is 4.17. The van der Waals surface area contributed by atoms with Crippen molar-refractivity contribution in [3.63, 3.8) is 0 Å². The first-order valence-electron chi connectivity index (χ1n) is 11.3. The van der Waals surface area contributed by atoms with Crippen molar-refractivity contribution in [1.29, 1.82) is 0 Å². The van der Waals surface area contributed by atoms with Crippen molar-refractivity contribution in [3.8, 4) is 0 Å². The maximum absolute atomic E-state index is 13.6. The SMILES string of the molecule is O=C1c2ccccc2C(=O)c2c1cccc2S(=O)(=O)N1CCC(O)(c2ccc(Cl)c(C(F)(F)F)c2)CC1. The summed E-state index contributed by atoms with van der Waals surface area (Å²) in [5.41, 5.74) is -2.74. The summed E-state index contributed by atoms with van der Waals surface area (Å²) in [5, 5.41) is 10.6. The van der Waals surface area contributed by atoms with Crippen LogP contribution in [0.15, 0.2) is 65.6 Å². The van der Waals surface area contributed by atoms with Crippen LogP contribution in [-0.4, -0.2) is 42.5 Å². The second-order valence-corrected chi connectivity index (χ2v) is 11.3. The maximum atomic E-state index is 13.6. The number of carbonyl (C=O) groups excluding carboxylic acids is 2. The first-order chi connectivity index (χ1) is 17.3. The highest BCUT2D eigenvalue weighted by molar-refractivity contribution is 7.89. The summed E-state index contributed by atoms with van der Waals surface area (Å²) < 4.78 is 68.2. The predicted octanol–water partition coefficient (Wildman–Crippen LogP) is 4.81. The Hall–Kier alpha value is -3.05. The Morgan fingerprint density at radius 2 is 1.46 bits per heavy atom. The van der Waals surface area contributed by atoms with E-state index in [0.717, 1.165) is 16.4 Å². The number of benzene rings is 3. The zero-order chi connectivity index (χ0) is 26.8. The Morgan fingerprint density at radius 1 is 0.865 bits per heavy atom. The van der Waals surface area contributed by atoms with Gasteiger partial charge in [0.25, 0.3) is 0 Å². The highest BCUT2D eigenvalue weighted by Gasteiger charge is 2.42. The molecule has 192 valence electrons. The molecule has 5 rings (SSSR count). The molecule has 2 aliphatic rings. The molecule has 0 bridgehead atoms. The molecule has 0 atom stereocenters. The molecule has 37 heavy (non-hydrogen) atoms. The number of hydrogen-bond donors (Lipinski definition) is 1. The normalized spacial score (nSPS) is 17.9. The van der Waals surface area contributed by atoms with Crippen LogP contribution in [0.25, 0.3) is 0 Å². The van der Waals surface area contributed by atoms with Gasteiger partial charge in [-0.15, -0.1) is 0 Å². The molecule has 0 radical (unpaired) electrons. The van der Waals surface area contributed by atoms with E-state index in [9.17, 15) is 36.3 Å². The third-order valence-electron chi connectivity index (χ3n) is 6.89. The molecule has 3 aromatic rings. The molecule has 1 heterocycles. The van der Waals surface area contributed by atoms with Gasteiger partial charge in [-0.2, -0.15) is 17.5 Å². The van der Waals surface area contributed by atoms with Crippen LogP contribution in [0.2, 0.25) is 5.02 Å². The number of carbonyl (C=O) groups is 2. The molecule has 0 unspecified atom stereocenters. The van der Waals surface area contributed by atoms with E-state index in [4.69, 9.17) is 11.6 Å². The summed E-state index contributed by atoms with van der Waals surface area (Å²) in [6.07, 6.45) is -5.09. The van der Waals surface area contributed by atoms with Crippen LogP contribution < -0.4 is 0 Å². The fraction of sp³-hybridized carbons (Fsp3) is 0.231. The van der Waals surface area contributed by atoms with Crippen molar-refractivity contribution < 1.29 is 36.3 Å². The van der Waals surface area contributed by atoms with E-state index < -0.39 is 44.0 Å². The molecule has 1 saturated heterocycles. The molecule has 1 fully saturated rings. The van der Waals surface area contributed by atoms with E-state index in [-0.39, 0.29) is 58.6 Å². The topological polar surface area (TPSA) is 91.8 Å². The van der Waals surface area contributed by atoms with Crippen LogP contribution in [0.3, 0.4) is 0 Å². The third-order valence-corrected chi connectivity index (χ3v) is 9.16. The number of nitrogens with zero attached hydrogens (tertiary/aromatic N) is 1. The standard InChI is InChI=1S/C26H19ClF3NO5S/c27-20-9-8-15(14-19(20)26(28,29)30)25(34)10-12-31(13-11-25)37(35,36)21-7-3-6-18-22(21)24(33)17-5-2-1-4-16(17)23(18)32/h1-9,14,34H,10-13H2. The van der Waals surface area contributed by atoms with Gasteiger partial charge in [0.15, 0.2) is 11.6 Å². The molecular weight excluding hydrogens is 531 g/mol. The molecule has 3 aromatic carbocycles.